The Morgan fingerprint density at radius 3 is 2.55 bits per heavy atom. The number of benzene rings is 1. The van der Waals surface area contributed by atoms with E-state index in [4.69, 9.17) is 14.2 Å². The van der Waals surface area contributed by atoms with Gasteiger partial charge in [-0.15, -0.1) is 0 Å². The Morgan fingerprint density at radius 1 is 1.06 bits per heavy atom. The van der Waals surface area contributed by atoms with Crippen LogP contribution in [0.4, 0.5) is 0 Å². The first kappa shape index (κ1) is 20.8. The molecular weight excluding hydrogens is 396 g/mol. The van der Waals surface area contributed by atoms with Crippen molar-refractivity contribution in [1.29, 1.82) is 0 Å². The van der Waals surface area contributed by atoms with Crippen LogP contribution in [0.25, 0.3) is 6.08 Å². The fraction of sp³-hybridized carbons (Fsp3) is 0.320. The molecule has 1 aliphatic carbocycles. The first-order valence-electron chi connectivity index (χ1n) is 10.2. The normalized spacial score (nSPS) is 29.5. The van der Waals surface area contributed by atoms with Gasteiger partial charge < -0.3 is 14.2 Å². The highest BCUT2D eigenvalue weighted by atomic mass is 16.6. The van der Waals surface area contributed by atoms with Gasteiger partial charge in [-0.05, 0) is 37.6 Å². The molecule has 3 aliphatic rings. The zero-order chi connectivity index (χ0) is 22.1. The second kappa shape index (κ2) is 8.38. The number of carbonyl (C=O) groups excluding carboxylic acids is 3. The van der Waals surface area contributed by atoms with E-state index < -0.39 is 36.0 Å². The third-order valence-electron chi connectivity index (χ3n) is 5.72. The summed E-state index contributed by atoms with van der Waals surface area (Å²) in [6.45, 7) is 7.73. The highest BCUT2D eigenvalue weighted by Gasteiger charge is 2.46. The molecule has 6 heteroatoms. The van der Waals surface area contributed by atoms with E-state index in [0.29, 0.717) is 12.0 Å². The number of fused-ring (bicyclic) bond motifs is 2. The first-order valence-corrected chi connectivity index (χ1v) is 10.2. The molecule has 2 heterocycles. The van der Waals surface area contributed by atoms with Crippen molar-refractivity contribution in [3.8, 4) is 0 Å². The Morgan fingerprint density at radius 2 is 1.81 bits per heavy atom. The van der Waals surface area contributed by atoms with Crippen molar-refractivity contribution in [2.45, 2.75) is 45.0 Å². The van der Waals surface area contributed by atoms with Gasteiger partial charge in [-0.1, -0.05) is 42.0 Å². The van der Waals surface area contributed by atoms with Crippen molar-refractivity contribution in [2.75, 3.05) is 0 Å². The minimum Gasteiger partial charge on any atom is -0.458 e. The molecule has 2 aliphatic heterocycles. The van der Waals surface area contributed by atoms with E-state index in [1.807, 2.05) is 38.1 Å². The lowest BCUT2D eigenvalue weighted by molar-refractivity contribution is -0.145. The molecule has 0 amide bonds. The summed E-state index contributed by atoms with van der Waals surface area (Å²) in [5.41, 5.74) is 3.59. The van der Waals surface area contributed by atoms with Crippen molar-refractivity contribution in [2.24, 2.45) is 5.92 Å². The SMILES string of the molecule is C=C1C(=O)O[C@H]2CC3=C[C@@H](C/C(C)=C/[C@@H](OC(=O)/C=C/c4ccc(C)cc4)[C@H]12)OC3=O. The summed E-state index contributed by atoms with van der Waals surface area (Å²) in [5, 5.41) is 0. The lowest BCUT2D eigenvalue weighted by atomic mass is 9.85. The van der Waals surface area contributed by atoms with Crippen LogP contribution in [0.15, 0.2) is 65.8 Å². The standard InChI is InChI=1S/C25H24O6/c1-14-4-6-17(7-5-14)8-9-22(26)30-20-11-15(2)10-19-12-18(25(28)29-19)13-21-23(20)16(3)24(27)31-21/h4-9,11-12,19-21,23H,3,10,13H2,1-2H3/b9-8+,15-11+/t19-,20-,21+,23+/m1/s1. The van der Waals surface area contributed by atoms with Gasteiger partial charge in [0.25, 0.3) is 0 Å². The topological polar surface area (TPSA) is 78.9 Å². The summed E-state index contributed by atoms with van der Waals surface area (Å²) in [5.74, 6) is -2.06. The minimum atomic E-state index is -0.743. The Labute approximate surface area is 180 Å². The van der Waals surface area contributed by atoms with Gasteiger partial charge in [-0.2, -0.15) is 0 Å². The smallest absolute Gasteiger partial charge is 0.334 e. The molecule has 1 aromatic carbocycles. The molecule has 160 valence electrons. The predicted molar refractivity (Wildman–Crippen MR) is 114 cm³/mol. The van der Waals surface area contributed by atoms with Crippen LogP contribution in [0.3, 0.4) is 0 Å². The Hall–Kier alpha value is -3.41. The maximum absolute atomic E-state index is 12.6. The van der Waals surface area contributed by atoms with Crippen LogP contribution < -0.4 is 0 Å². The number of rotatable bonds is 3. The second-order valence-electron chi connectivity index (χ2n) is 8.20. The second-order valence-corrected chi connectivity index (χ2v) is 8.20. The molecule has 2 bridgehead atoms. The van der Waals surface area contributed by atoms with E-state index in [2.05, 4.69) is 6.58 Å². The molecule has 1 saturated heterocycles. The zero-order valence-corrected chi connectivity index (χ0v) is 17.5. The summed E-state index contributed by atoms with van der Waals surface area (Å²) >= 11 is 0. The van der Waals surface area contributed by atoms with E-state index in [1.165, 1.54) is 6.08 Å². The van der Waals surface area contributed by atoms with Gasteiger partial charge in [0.15, 0.2) is 0 Å². The summed E-state index contributed by atoms with van der Waals surface area (Å²) in [4.78, 5) is 37.0. The van der Waals surface area contributed by atoms with Crippen molar-refractivity contribution in [3.05, 3.63) is 76.9 Å². The third-order valence-corrected chi connectivity index (χ3v) is 5.72. The van der Waals surface area contributed by atoms with Crippen LogP contribution in [-0.4, -0.2) is 36.2 Å². The average molecular weight is 420 g/mol. The van der Waals surface area contributed by atoms with E-state index in [9.17, 15) is 14.4 Å². The molecule has 1 fully saturated rings. The Bertz CT molecular complexity index is 1030. The van der Waals surface area contributed by atoms with Gasteiger partial charge in [-0.25, -0.2) is 14.4 Å². The molecule has 0 saturated carbocycles. The van der Waals surface area contributed by atoms with Gasteiger partial charge in [0.2, 0.25) is 0 Å². The van der Waals surface area contributed by atoms with Crippen LogP contribution in [0.2, 0.25) is 0 Å². The summed E-state index contributed by atoms with van der Waals surface area (Å²) in [7, 11) is 0. The number of hydrogen-bond acceptors (Lipinski definition) is 6. The Balaban J connectivity index is 1.59. The molecule has 4 atom stereocenters. The maximum atomic E-state index is 12.6. The van der Waals surface area contributed by atoms with Gasteiger partial charge in [0.05, 0.1) is 5.92 Å². The van der Waals surface area contributed by atoms with Crippen molar-refractivity contribution >= 4 is 24.0 Å². The van der Waals surface area contributed by atoms with Gasteiger partial charge in [-0.3, -0.25) is 0 Å². The van der Waals surface area contributed by atoms with Crippen LogP contribution in [0, 0.1) is 12.8 Å². The summed E-state index contributed by atoms with van der Waals surface area (Å²) < 4.78 is 16.6. The van der Waals surface area contributed by atoms with E-state index in [0.717, 1.165) is 16.7 Å². The van der Waals surface area contributed by atoms with Gasteiger partial charge in [0.1, 0.15) is 18.3 Å². The molecule has 0 radical (unpaired) electrons. The van der Waals surface area contributed by atoms with E-state index in [1.54, 1.807) is 18.2 Å². The molecule has 4 rings (SSSR count). The largest absolute Gasteiger partial charge is 0.458 e. The maximum Gasteiger partial charge on any atom is 0.334 e. The van der Waals surface area contributed by atoms with Crippen LogP contribution in [-0.2, 0) is 28.6 Å². The predicted octanol–water partition coefficient (Wildman–Crippen LogP) is 3.61. The summed E-state index contributed by atoms with van der Waals surface area (Å²) in [6.07, 6.45) is 5.54. The molecular formula is C25H24O6. The average Bonchev–Trinajstić information content (AvgIpc) is 3.18. The highest BCUT2D eigenvalue weighted by Crippen LogP contribution is 2.38. The number of ether oxygens (including phenoxy) is 3. The molecule has 31 heavy (non-hydrogen) atoms. The minimum absolute atomic E-state index is 0.199. The van der Waals surface area contributed by atoms with E-state index >= 15 is 0 Å². The quantitative estimate of drug-likeness (QED) is 0.322. The third kappa shape index (κ3) is 4.53. The van der Waals surface area contributed by atoms with Crippen molar-refractivity contribution in [1.82, 2.24) is 0 Å². The fourth-order valence-corrected chi connectivity index (χ4v) is 4.13. The fourth-order valence-electron chi connectivity index (χ4n) is 4.13. The monoisotopic (exact) mass is 420 g/mol. The molecule has 0 unspecified atom stereocenters. The number of carbonyl (C=O) groups is 3. The van der Waals surface area contributed by atoms with E-state index in [-0.39, 0.29) is 18.1 Å². The molecule has 1 aromatic rings. The van der Waals surface area contributed by atoms with Crippen LogP contribution in [0.1, 0.15) is 30.9 Å². The van der Waals surface area contributed by atoms with Gasteiger partial charge >= 0.3 is 17.9 Å². The number of esters is 3. The highest BCUT2D eigenvalue weighted by molar-refractivity contribution is 5.93. The van der Waals surface area contributed by atoms with Crippen molar-refractivity contribution < 1.29 is 28.6 Å². The van der Waals surface area contributed by atoms with Crippen LogP contribution >= 0.6 is 0 Å². The zero-order valence-electron chi connectivity index (χ0n) is 17.5. The van der Waals surface area contributed by atoms with Crippen LogP contribution in [0.5, 0.6) is 0 Å². The molecule has 6 nitrogen and oxygen atoms in total. The van der Waals surface area contributed by atoms with Gasteiger partial charge in [0, 0.05) is 30.1 Å². The summed E-state index contributed by atoms with van der Waals surface area (Å²) in [6, 6.07) is 7.74. The molecule has 0 spiro atoms. The Kier molecular flexibility index (Phi) is 5.63. The molecule has 0 N–H and O–H groups in total. The molecule has 0 aromatic heterocycles. The lowest BCUT2D eigenvalue weighted by Crippen LogP contribution is -2.32. The van der Waals surface area contributed by atoms with Crippen molar-refractivity contribution in [3.63, 3.8) is 0 Å². The first-order chi connectivity index (χ1) is 14.8. The lowest BCUT2D eigenvalue weighted by Gasteiger charge is -2.25. The number of aryl methyl sites for hydroxylation is 1. The number of hydrogen-bond donors (Lipinski definition) is 0.